The third kappa shape index (κ3) is 4.42. The van der Waals surface area contributed by atoms with Crippen molar-refractivity contribution in [2.24, 2.45) is 0 Å². The summed E-state index contributed by atoms with van der Waals surface area (Å²) in [6, 6.07) is 61.4. The van der Waals surface area contributed by atoms with Crippen molar-refractivity contribution in [1.29, 1.82) is 10.5 Å². The molecule has 226 valence electrons. The highest BCUT2D eigenvalue weighted by atomic mass is 15.0. The van der Waals surface area contributed by atoms with Crippen LogP contribution in [0.4, 0.5) is 0 Å². The van der Waals surface area contributed by atoms with E-state index in [0.717, 1.165) is 44.2 Å². The van der Waals surface area contributed by atoms with Crippen molar-refractivity contribution in [3.05, 3.63) is 175 Å². The largest absolute Gasteiger partial charge is 0.307 e. The van der Waals surface area contributed by atoms with Crippen LogP contribution in [0.3, 0.4) is 0 Å². The molecule has 0 saturated carbocycles. The average molecular weight is 622 g/mol. The van der Waals surface area contributed by atoms with Crippen molar-refractivity contribution >= 4 is 43.4 Å². The molecule has 0 atom stereocenters. The Morgan fingerprint density at radius 3 is 1.53 bits per heavy atom. The number of nitrogens with zero attached hydrogens (tertiary/aromatic N) is 3. The molecule has 1 heterocycles. The number of para-hydroxylation sites is 2. The average Bonchev–Trinajstić information content (AvgIpc) is 3.50. The lowest BCUT2D eigenvalue weighted by Gasteiger charge is -2.18. The molecule has 9 rings (SSSR count). The zero-order valence-electron chi connectivity index (χ0n) is 26.4. The van der Waals surface area contributed by atoms with Gasteiger partial charge in [-0.05, 0) is 79.7 Å². The molecule has 1 aromatic heterocycles. The molecule has 0 aliphatic carbocycles. The standard InChI is InChI=1S/C46H27N3/c47-28-30-21-26-43-41(27-30)36-14-8-9-20-42(36)49(43)46-34(29-48)13-10-19-35(46)31-22-24-33(25-23-31)45-39-17-6-4-15-37(39)44(32-11-2-1-3-12-32)38-16-5-7-18-40(38)45/h1-27H. The van der Waals surface area contributed by atoms with E-state index in [1.165, 1.54) is 38.2 Å². The minimum atomic E-state index is 0.585. The first-order valence-corrected chi connectivity index (χ1v) is 16.3. The molecule has 0 N–H and O–H groups in total. The molecule has 0 spiro atoms. The molecule has 49 heavy (non-hydrogen) atoms. The fourth-order valence-corrected chi connectivity index (χ4v) is 7.56. The van der Waals surface area contributed by atoms with Crippen LogP contribution in [0.25, 0.3) is 82.4 Å². The lowest BCUT2D eigenvalue weighted by molar-refractivity contribution is 1.17. The summed E-state index contributed by atoms with van der Waals surface area (Å²) in [4.78, 5) is 0. The minimum Gasteiger partial charge on any atom is -0.307 e. The Morgan fingerprint density at radius 2 is 0.918 bits per heavy atom. The predicted octanol–water partition coefficient (Wildman–Crippen LogP) is 11.8. The first-order chi connectivity index (χ1) is 24.2. The van der Waals surface area contributed by atoms with Gasteiger partial charge in [0.1, 0.15) is 6.07 Å². The van der Waals surface area contributed by atoms with Crippen LogP contribution in [-0.4, -0.2) is 4.57 Å². The maximum Gasteiger partial charge on any atom is 0.101 e. The molecule has 0 unspecified atom stereocenters. The Hall–Kier alpha value is -6.94. The number of hydrogen-bond donors (Lipinski definition) is 0. The van der Waals surface area contributed by atoms with Gasteiger partial charge in [0.25, 0.3) is 0 Å². The Bertz CT molecular complexity index is 2770. The zero-order chi connectivity index (χ0) is 32.9. The lowest BCUT2D eigenvalue weighted by Crippen LogP contribution is -2.01. The molecule has 3 heteroatoms. The summed E-state index contributed by atoms with van der Waals surface area (Å²) in [5, 5.41) is 27.0. The summed E-state index contributed by atoms with van der Waals surface area (Å²) in [6.45, 7) is 0. The minimum absolute atomic E-state index is 0.585. The molecule has 0 fully saturated rings. The number of hydrogen-bond acceptors (Lipinski definition) is 2. The van der Waals surface area contributed by atoms with E-state index in [0.29, 0.717) is 11.1 Å². The van der Waals surface area contributed by atoms with E-state index in [1.54, 1.807) is 0 Å². The van der Waals surface area contributed by atoms with E-state index in [-0.39, 0.29) is 0 Å². The molecule has 0 saturated heterocycles. The Labute approximate surface area is 283 Å². The SMILES string of the molecule is N#Cc1ccc2c(c1)c1ccccc1n2-c1c(C#N)cccc1-c1ccc(-c2c3ccccc3c(-c3ccccc3)c3ccccc23)cc1. The second kappa shape index (κ2) is 11.4. The Kier molecular flexibility index (Phi) is 6.58. The number of aromatic nitrogens is 1. The fraction of sp³-hybridized carbons (Fsp3) is 0. The van der Waals surface area contributed by atoms with Gasteiger partial charge in [0.2, 0.25) is 0 Å². The second-order valence-electron chi connectivity index (χ2n) is 12.3. The monoisotopic (exact) mass is 621 g/mol. The van der Waals surface area contributed by atoms with E-state index in [2.05, 4.69) is 138 Å². The number of benzene rings is 8. The van der Waals surface area contributed by atoms with Gasteiger partial charge in [-0.2, -0.15) is 10.5 Å². The van der Waals surface area contributed by atoms with Gasteiger partial charge >= 0.3 is 0 Å². The number of rotatable bonds is 4. The van der Waals surface area contributed by atoms with E-state index >= 15 is 0 Å². The molecule has 0 amide bonds. The van der Waals surface area contributed by atoms with Gasteiger partial charge in [-0.1, -0.05) is 133 Å². The third-order valence-corrected chi connectivity index (χ3v) is 9.66. The van der Waals surface area contributed by atoms with Gasteiger partial charge in [-0.3, -0.25) is 0 Å². The lowest BCUT2D eigenvalue weighted by atomic mass is 9.85. The summed E-state index contributed by atoms with van der Waals surface area (Å²) >= 11 is 0. The van der Waals surface area contributed by atoms with Gasteiger partial charge in [0.05, 0.1) is 33.9 Å². The Morgan fingerprint density at radius 1 is 0.388 bits per heavy atom. The maximum absolute atomic E-state index is 10.4. The van der Waals surface area contributed by atoms with Crippen molar-refractivity contribution in [3.63, 3.8) is 0 Å². The van der Waals surface area contributed by atoms with Gasteiger partial charge in [-0.25, -0.2) is 0 Å². The summed E-state index contributed by atoms with van der Waals surface area (Å²) in [6.07, 6.45) is 0. The second-order valence-corrected chi connectivity index (χ2v) is 12.3. The Balaban J connectivity index is 1.26. The summed E-state index contributed by atoms with van der Waals surface area (Å²) < 4.78 is 2.18. The van der Waals surface area contributed by atoms with Crippen molar-refractivity contribution < 1.29 is 0 Å². The molecule has 0 aliphatic rings. The van der Waals surface area contributed by atoms with Crippen LogP contribution in [0.15, 0.2) is 164 Å². The molecule has 0 radical (unpaired) electrons. The summed E-state index contributed by atoms with van der Waals surface area (Å²) in [5.41, 5.74) is 10.7. The van der Waals surface area contributed by atoms with Gasteiger partial charge in [-0.15, -0.1) is 0 Å². The van der Waals surface area contributed by atoms with Crippen molar-refractivity contribution in [2.75, 3.05) is 0 Å². The van der Waals surface area contributed by atoms with Crippen molar-refractivity contribution in [2.45, 2.75) is 0 Å². The van der Waals surface area contributed by atoms with Gasteiger partial charge < -0.3 is 4.57 Å². The molecular weight excluding hydrogens is 595 g/mol. The van der Waals surface area contributed by atoms with Gasteiger partial charge in [0.15, 0.2) is 0 Å². The maximum atomic E-state index is 10.4. The van der Waals surface area contributed by atoms with E-state index in [1.807, 2.05) is 42.5 Å². The quantitative estimate of drug-likeness (QED) is 0.184. The van der Waals surface area contributed by atoms with Crippen molar-refractivity contribution in [1.82, 2.24) is 4.57 Å². The normalized spacial score (nSPS) is 11.2. The molecule has 8 aromatic carbocycles. The number of nitriles is 2. The molecule has 9 aromatic rings. The fourth-order valence-electron chi connectivity index (χ4n) is 7.56. The first kappa shape index (κ1) is 28.3. The third-order valence-electron chi connectivity index (χ3n) is 9.66. The molecule has 3 nitrogen and oxygen atoms in total. The van der Waals surface area contributed by atoms with Crippen molar-refractivity contribution in [3.8, 4) is 51.2 Å². The van der Waals surface area contributed by atoms with Crippen LogP contribution in [0.1, 0.15) is 11.1 Å². The van der Waals surface area contributed by atoms with Crippen LogP contribution in [0.5, 0.6) is 0 Å². The van der Waals surface area contributed by atoms with Crippen LogP contribution in [-0.2, 0) is 0 Å². The van der Waals surface area contributed by atoms with Crippen LogP contribution in [0.2, 0.25) is 0 Å². The summed E-state index contributed by atoms with van der Waals surface area (Å²) in [7, 11) is 0. The predicted molar refractivity (Wildman–Crippen MR) is 202 cm³/mol. The smallest absolute Gasteiger partial charge is 0.101 e. The van der Waals surface area contributed by atoms with E-state index in [4.69, 9.17) is 0 Å². The van der Waals surface area contributed by atoms with Crippen LogP contribution >= 0.6 is 0 Å². The zero-order valence-corrected chi connectivity index (χ0v) is 26.4. The number of fused-ring (bicyclic) bond motifs is 5. The topological polar surface area (TPSA) is 52.5 Å². The van der Waals surface area contributed by atoms with Crippen LogP contribution < -0.4 is 0 Å². The highest BCUT2D eigenvalue weighted by Gasteiger charge is 2.20. The molecule has 0 bridgehead atoms. The molecular formula is C46H27N3. The first-order valence-electron chi connectivity index (χ1n) is 16.3. The summed E-state index contributed by atoms with van der Waals surface area (Å²) in [5.74, 6) is 0. The van der Waals surface area contributed by atoms with E-state index in [9.17, 15) is 10.5 Å². The molecule has 0 aliphatic heterocycles. The van der Waals surface area contributed by atoms with Crippen LogP contribution in [0, 0.1) is 22.7 Å². The highest BCUT2D eigenvalue weighted by Crippen LogP contribution is 2.44. The van der Waals surface area contributed by atoms with E-state index < -0.39 is 0 Å². The van der Waals surface area contributed by atoms with Gasteiger partial charge in [0, 0.05) is 16.3 Å². The highest BCUT2D eigenvalue weighted by molar-refractivity contribution is 6.21.